The summed E-state index contributed by atoms with van der Waals surface area (Å²) < 4.78 is 22.4. The molecule has 0 bridgehead atoms. The molecular weight excluding hydrogens is 184 g/mol. The van der Waals surface area contributed by atoms with Gasteiger partial charge < -0.3 is 5.11 Å². The Balaban J connectivity index is 2.85. The summed E-state index contributed by atoms with van der Waals surface area (Å²) in [5.74, 6) is -1.14. The van der Waals surface area contributed by atoms with E-state index in [1.54, 1.807) is 0 Å². The van der Waals surface area contributed by atoms with Gasteiger partial charge in [0.05, 0.1) is 0 Å². The molecule has 0 aliphatic carbocycles. The third-order valence-corrected chi connectivity index (χ3v) is 2.91. The van der Waals surface area contributed by atoms with E-state index in [2.05, 4.69) is 0 Å². The maximum atomic E-state index is 10.8. The van der Waals surface area contributed by atoms with E-state index in [4.69, 9.17) is 10.2 Å². The van der Waals surface area contributed by atoms with Gasteiger partial charge in [0.2, 0.25) is 0 Å². The normalized spacial score (nSPS) is 25.9. The van der Waals surface area contributed by atoms with Crippen molar-refractivity contribution in [2.45, 2.75) is 18.9 Å². The number of nitrogens with zero attached hydrogens (tertiary/aromatic N) is 1. The first-order chi connectivity index (χ1) is 5.43. The van der Waals surface area contributed by atoms with Crippen LogP contribution in [0.5, 0.6) is 0 Å². The number of nitrogens with two attached hydrogens (primary N) is 1. The van der Waals surface area contributed by atoms with Crippen molar-refractivity contribution in [1.82, 2.24) is 4.31 Å². The second-order valence-electron chi connectivity index (χ2n) is 2.65. The topological polar surface area (TPSA) is 101 Å². The van der Waals surface area contributed by atoms with E-state index in [9.17, 15) is 13.2 Å². The van der Waals surface area contributed by atoms with Crippen LogP contribution in [0.25, 0.3) is 0 Å². The highest BCUT2D eigenvalue weighted by atomic mass is 32.2. The van der Waals surface area contributed by atoms with Crippen molar-refractivity contribution < 1.29 is 18.3 Å². The Morgan fingerprint density at radius 1 is 1.58 bits per heavy atom. The Morgan fingerprint density at radius 3 is 2.50 bits per heavy atom. The average molecular weight is 194 g/mol. The highest BCUT2D eigenvalue weighted by molar-refractivity contribution is 7.86. The van der Waals surface area contributed by atoms with E-state index in [0.29, 0.717) is 12.8 Å². The van der Waals surface area contributed by atoms with Gasteiger partial charge in [0.25, 0.3) is 10.2 Å². The van der Waals surface area contributed by atoms with Gasteiger partial charge >= 0.3 is 5.97 Å². The SMILES string of the molecule is NS(=O)(=O)N1CCC[C@@H]1C(=O)O. The number of aliphatic carboxylic acids is 1. The molecule has 0 amide bonds. The van der Waals surface area contributed by atoms with E-state index < -0.39 is 22.2 Å². The average Bonchev–Trinajstić information content (AvgIpc) is 2.30. The molecule has 0 unspecified atom stereocenters. The molecule has 0 spiro atoms. The molecule has 6 nitrogen and oxygen atoms in total. The third kappa shape index (κ3) is 1.74. The second-order valence-corrected chi connectivity index (χ2v) is 4.15. The van der Waals surface area contributed by atoms with Crippen LogP contribution >= 0.6 is 0 Å². The zero-order valence-corrected chi connectivity index (χ0v) is 7.12. The monoisotopic (exact) mass is 194 g/mol. The summed E-state index contributed by atoms with van der Waals surface area (Å²) in [6.07, 6.45) is 0.888. The van der Waals surface area contributed by atoms with Crippen molar-refractivity contribution in [3.05, 3.63) is 0 Å². The fourth-order valence-electron chi connectivity index (χ4n) is 1.29. The van der Waals surface area contributed by atoms with Gasteiger partial charge in [-0.3, -0.25) is 4.79 Å². The van der Waals surface area contributed by atoms with Gasteiger partial charge in [0, 0.05) is 6.54 Å². The maximum absolute atomic E-state index is 10.8. The molecular formula is C5H10N2O4S. The molecule has 0 aromatic rings. The van der Waals surface area contributed by atoms with Crippen LogP contribution in [-0.2, 0) is 15.0 Å². The first-order valence-electron chi connectivity index (χ1n) is 3.45. The van der Waals surface area contributed by atoms with Crippen LogP contribution in [0.2, 0.25) is 0 Å². The summed E-state index contributed by atoms with van der Waals surface area (Å²) in [6.45, 7) is 0.204. The van der Waals surface area contributed by atoms with Gasteiger partial charge in [-0.15, -0.1) is 0 Å². The molecule has 1 fully saturated rings. The molecule has 7 heteroatoms. The number of carboxylic acid groups (broad SMARTS) is 1. The third-order valence-electron chi connectivity index (χ3n) is 1.82. The van der Waals surface area contributed by atoms with Gasteiger partial charge in [0.15, 0.2) is 0 Å². The van der Waals surface area contributed by atoms with Crippen LogP contribution in [0.4, 0.5) is 0 Å². The van der Waals surface area contributed by atoms with E-state index in [0.717, 1.165) is 4.31 Å². The molecule has 3 N–H and O–H groups in total. The minimum Gasteiger partial charge on any atom is -0.480 e. The van der Waals surface area contributed by atoms with E-state index in [1.807, 2.05) is 0 Å². The summed E-state index contributed by atoms with van der Waals surface area (Å²) in [5, 5.41) is 13.4. The van der Waals surface area contributed by atoms with Gasteiger partial charge in [-0.1, -0.05) is 0 Å². The number of carbonyl (C=O) groups is 1. The smallest absolute Gasteiger partial charge is 0.322 e. The minimum absolute atomic E-state index is 0.204. The highest BCUT2D eigenvalue weighted by Crippen LogP contribution is 2.18. The second kappa shape index (κ2) is 3.00. The summed E-state index contributed by atoms with van der Waals surface area (Å²) in [7, 11) is -3.84. The minimum atomic E-state index is -3.84. The molecule has 1 saturated heterocycles. The van der Waals surface area contributed by atoms with Crippen molar-refractivity contribution in [3.8, 4) is 0 Å². The summed E-state index contributed by atoms with van der Waals surface area (Å²) in [6, 6.07) is -0.972. The first-order valence-corrected chi connectivity index (χ1v) is 4.95. The van der Waals surface area contributed by atoms with Crippen molar-refractivity contribution in [2.24, 2.45) is 5.14 Å². The Morgan fingerprint density at radius 2 is 2.17 bits per heavy atom. The van der Waals surface area contributed by atoms with Crippen LogP contribution < -0.4 is 5.14 Å². The molecule has 0 radical (unpaired) electrons. The fraction of sp³-hybridized carbons (Fsp3) is 0.800. The predicted octanol–water partition coefficient (Wildman–Crippen LogP) is -1.26. The van der Waals surface area contributed by atoms with E-state index in [-0.39, 0.29) is 6.54 Å². The molecule has 1 atom stereocenters. The van der Waals surface area contributed by atoms with Crippen molar-refractivity contribution in [3.63, 3.8) is 0 Å². The Hall–Kier alpha value is -0.660. The van der Waals surface area contributed by atoms with Crippen molar-refractivity contribution >= 4 is 16.2 Å². The van der Waals surface area contributed by atoms with Crippen LogP contribution in [0.15, 0.2) is 0 Å². The lowest BCUT2D eigenvalue weighted by Gasteiger charge is -2.17. The molecule has 12 heavy (non-hydrogen) atoms. The molecule has 0 saturated carbocycles. The van der Waals surface area contributed by atoms with Gasteiger partial charge in [0.1, 0.15) is 6.04 Å². The number of hydrogen-bond acceptors (Lipinski definition) is 3. The number of carboxylic acids is 1. The van der Waals surface area contributed by atoms with Crippen LogP contribution in [0.3, 0.4) is 0 Å². The van der Waals surface area contributed by atoms with Crippen molar-refractivity contribution in [2.75, 3.05) is 6.54 Å². The molecule has 1 heterocycles. The molecule has 1 aliphatic heterocycles. The van der Waals surface area contributed by atoms with E-state index >= 15 is 0 Å². The number of hydrogen-bond donors (Lipinski definition) is 2. The fourth-order valence-corrected chi connectivity index (χ4v) is 2.23. The summed E-state index contributed by atoms with van der Waals surface area (Å²) in [4.78, 5) is 10.5. The lowest BCUT2D eigenvalue weighted by molar-refractivity contribution is -0.140. The standard InChI is InChI=1S/C5H10N2O4S/c6-12(10,11)7-3-1-2-4(7)5(8)9/h4H,1-3H2,(H,8,9)(H2,6,10,11)/t4-/m1/s1. The Labute approximate surface area is 70.1 Å². The molecule has 70 valence electrons. The maximum Gasteiger partial charge on any atom is 0.322 e. The Bertz CT molecular complexity index is 286. The molecule has 1 rings (SSSR count). The van der Waals surface area contributed by atoms with Gasteiger partial charge in [-0.2, -0.15) is 12.7 Å². The largest absolute Gasteiger partial charge is 0.480 e. The van der Waals surface area contributed by atoms with Gasteiger partial charge in [-0.05, 0) is 12.8 Å². The zero-order valence-electron chi connectivity index (χ0n) is 6.30. The van der Waals surface area contributed by atoms with Gasteiger partial charge in [-0.25, -0.2) is 5.14 Å². The predicted molar refractivity (Wildman–Crippen MR) is 40.5 cm³/mol. The molecule has 0 aromatic heterocycles. The lowest BCUT2D eigenvalue weighted by atomic mass is 10.2. The number of rotatable bonds is 2. The zero-order chi connectivity index (χ0) is 9.35. The molecule has 1 aliphatic rings. The lowest BCUT2D eigenvalue weighted by Crippen LogP contribution is -2.43. The summed E-state index contributed by atoms with van der Waals surface area (Å²) >= 11 is 0. The Kier molecular flexibility index (Phi) is 2.36. The van der Waals surface area contributed by atoms with Crippen LogP contribution in [0.1, 0.15) is 12.8 Å². The van der Waals surface area contributed by atoms with E-state index in [1.165, 1.54) is 0 Å². The highest BCUT2D eigenvalue weighted by Gasteiger charge is 2.36. The first kappa shape index (κ1) is 9.43. The summed E-state index contributed by atoms with van der Waals surface area (Å²) in [5.41, 5.74) is 0. The van der Waals surface area contributed by atoms with Crippen LogP contribution in [-0.4, -0.2) is 36.4 Å². The van der Waals surface area contributed by atoms with Crippen LogP contribution in [0, 0.1) is 0 Å². The molecule has 0 aromatic carbocycles. The van der Waals surface area contributed by atoms with Crippen molar-refractivity contribution in [1.29, 1.82) is 0 Å². The quantitative estimate of drug-likeness (QED) is 0.572.